The molecule has 0 fully saturated rings. The fourth-order valence-electron chi connectivity index (χ4n) is 1.97. The van der Waals surface area contributed by atoms with Gasteiger partial charge < -0.3 is 18.3 Å². The van der Waals surface area contributed by atoms with Gasteiger partial charge in [0, 0.05) is 18.8 Å². The quantitative estimate of drug-likeness (QED) is 0.338. The highest BCUT2D eigenvalue weighted by Gasteiger charge is 2.39. The summed E-state index contributed by atoms with van der Waals surface area (Å²) in [5, 5.41) is 0. The van der Waals surface area contributed by atoms with Gasteiger partial charge >= 0.3 is 11.9 Å². The summed E-state index contributed by atoms with van der Waals surface area (Å²) in [6.45, 7) is 13.3. The normalized spacial score (nSPS) is 13.9. The summed E-state index contributed by atoms with van der Waals surface area (Å²) < 4.78 is 21.8. The average molecular weight is 363 g/mol. The lowest BCUT2D eigenvalue weighted by atomic mass is 10.5. The van der Waals surface area contributed by atoms with Crippen LogP contribution in [0.15, 0.2) is 12.2 Å². The predicted octanol–water partition coefficient (Wildman–Crippen LogP) is 2.65. The third-order valence-corrected chi connectivity index (χ3v) is 9.24. The van der Waals surface area contributed by atoms with Gasteiger partial charge in [0.1, 0.15) is 12.3 Å². The Kier molecular flexibility index (Phi) is 9.59. The lowest BCUT2D eigenvalue weighted by molar-refractivity contribution is -0.141. The van der Waals surface area contributed by atoms with Crippen LogP contribution < -0.4 is 0 Å². The first kappa shape index (κ1) is 22.0. The Balaban J connectivity index is 4.76. The van der Waals surface area contributed by atoms with Crippen molar-refractivity contribution in [3.8, 4) is 0 Å². The number of carbonyl (C=O) groups is 2. The lowest BCUT2D eigenvalue weighted by Gasteiger charge is -2.37. The number of carbonyl (C=O) groups excluding carboxylic acids is 2. The van der Waals surface area contributed by atoms with Gasteiger partial charge in [0.25, 0.3) is 0 Å². The molecule has 0 aromatic rings. The van der Waals surface area contributed by atoms with Gasteiger partial charge in [-0.3, -0.25) is 0 Å². The van der Waals surface area contributed by atoms with E-state index in [0.29, 0.717) is 6.61 Å². The molecule has 8 heteroatoms. The molecule has 0 aliphatic rings. The molecule has 0 N–H and O–H groups in total. The zero-order valence-electron chi connectivity index (χ0n) is 15.3. The number of hydrogen-bond acceptors (Lipinski definition) is 6. The van der Waals surface area contributed by atoms with Crippen molar-refractivity contribution in [1.82, 2.24) is 0 Å². The van der Waals surface area contributed by atoms with Crippen molar-refractivity contribution in [3.63, 3.8) is 0 Å². The molecule has 6 nitrogen and oxygen atoms in total. The third-order valence-electron chi connectivity index (χ3n) is 2.80. The summed E-state index contributed by atoms with van der Waals surface area (Å²) in [5.41, 5.74) is -0.246. The van der Waals surface area contributed by atoms with Gasteiger partial charge in [0.05, 0.1) is 7.11 Å². The maximum absolute atomic E-state index is 11.7. The van der Waals surface area contributed by atoms with Crippen molar-refractivity contribution in [1.29, 1.82) is 0 Å². The summed E-state index contributed by atoms with van der Waals surface area (Å²) >= 11 is 0. The van der Waals surface area contributed by atoms with Crippen LogP contribution in [0.3, 0.4) is 0 Å². The summed E-state index contributed by atoms with van der Waals surface area (Å²) in [6.07, 6.45) is 2.96. The first-order valence-electron chi connectivity index (χ1n) is 7.76. The van der Waals surface area contributed by atoms with Gasteiger partial charge in [-0.25, -0.2) is 9.59 Å². The molecule has 134 valence electrons. The molecule has 0 radical (unpaired) electrons. The molecule has 23 heavy (non-hydrogen) atoms. The van der Waals surface area contributed by atoms with Crippen molar-refractivity contribution < 1.29 is 27.9 Å². The topological polar surface area (TPSA) is 71.1 Å². The van der Waals surface area contributed by atoms with E-state index in [4.69, 9.17) is 13.6 Å². The minimum Gasteiger partial charge on any atom is -0.466 e. The van der Waals surface area contributed by atoms with Crippen LogP contribution >= 0.6 is 0 Å². The maximum Gasteiger partial charge on any atom is 0.331 e. The minimum atomic E-state index is -2.18. The van der Waals surface area contributed by atoms with Crippen molar-refractivity contribution in [3.05, 3.63) is 12.2 Å². The van der Waals surface area contributed by atoms with Crippen molar-refractivity contribution in [2.24, 2.45) is 0 Å². The van der Waals surface area contributed by atoms with Gasteiger partial charge in [0.15, 0.2) is 8.32 Å². The van der Waals surface area contributed by atoms with Crippen molar-refractivity contribution in [2.75, 3.05) is 20.3 Å². The van der Waals surface area contributed by atoms with E-state index >= 15 is 0 Å². The molecule has 0 saturated heterocycles. The Morgan fingerprint density at radius 1 is 1.04 bits per heavy atom. The number of ether oxygens (including phenoxy) is 3. The zero-order valence-corrected chi connectivity index (χ0v) is 17.3. The molecule has 0 aliphatic carbocycles. The van der Waals surface area contributed by atoms with E-state index in [0.717, 1.165) is 18.6 Å². The molecule has 0 bridgehead atoms. The molecule has 0 saturated carbocycles. The van der Waals surface area contributed by atoms with E-state index in [-0.39, 0.29) is 12.3 Å². The molecule has 1 atom stereocenters. The number of hydrogen-bond donors (Lipinski definition) is 0. The number of esters is 2. The molecule has 1 unspecified atom stereocenters. The van der Waals surface area contributed by atoms with Crippen LogP contribution in [0, 0.1) is 0 Å². The Hall–Kier alpha value is -0.966. The zero-order chi connectivity index (χ0) is 18.1. The third kappa shape index (κ3) is 10.4. The van der Waals surface area contributed by atoms with E-state index < -0.39 is 28.6 Å². The smallest absolute Gasteiger partial charge is 0.331 e. The van der Waals surface area contributed by atoms with Crippen LogP contribution in [0.4, 0.5) is 0 Å². The molecule has 0 rings (SSSR count). The Morgan fingerprint density at radius 2 is 1.61 bits per heavy atom. The largest absolute Gasteiger partial charge is 0.466 e. The summed E-state index contributed by atoms with van der Waals surface area (Å²) in [5.74, 6) is -1.20. The molecular formula is C15H30O6Si2. The second kappa shape index (κ2) is 10.0. The highest BCUT2D eigenvalue weighted by atomic mass is 28.4. The average Bonchev–Trinajstić information content (AvgIpc) is 2.41. The first-order chi connectivity index (χ1) is 10.5. The van der Waals surface area contributed by atoms with Crippen LogP contribution in [-0.2, 0) is 27.9 Å². The fourth-order valence-corrected chi connectivity index (χ4v) is 9.82. The molecule has 0 heterocycles. The Morgan fingerprint density at radius 3 is 2.09 bits per heavy atom. The van der Waals surface area contributed by atoms with Gasteiger partial charge in [-0.15, -0.1) is 0 Å². The maximum atomic E-state index is 11.7. The van der Waals surface area contributed by atoms with Gasteiger partial charge in [-0.2, -0.15) is 0 Å². The fraction of sp³-hybridized carbons (Fsp3) is 0.733. The van der Waals surface area contributed by atoms with E-state index in [2.05, 4.69) is 37.5 Å². The Labute approximate surface area is 141 Å². The number of rotatable bonds is 10. The SMILES string of the molecule is CCCOC(COC(=O)/C=C/C(=O)OC)[Si](C)(C)O[Si](C)(C)C. The highest BCUT2D eigenvalue weighted by Crippen LogP contribution is 2.20. The summed E-state index contributed by atoms with van der Waals surface area (Å²) in [4.78, 5) is 22.6. The van der Waals surface area contributed by atoms with Crippen LogP contribution in [0.5, 0.6) is 0 Å². The van der Waals surface area contributed by atoms with Crippen LogP contribution in [0.25, 0.3) is 0 Å². The monoisotopic (exact) mass is 362 g/mol. The van der Waals surface area contributed by atoms with Crippen LogP contribution in [0.1, 0.15) is 13.3 Å². The van der Waals surface area contributed by atoms with E-state index in [1.807, 2.05) is 6.92 Å². The van der Waals surface area contributed by atoms with E-state index in [1.54, 1.807) is 0 Å². The van der Waals surface area contributed by atoms with Gasteiger partial charge in [-0.05, 0) is 39.2 Å². The van der Waals surface area contributed by atoms with E-state index in [9.17, 15) is 9.59 Å². The summed E-state index contributed by atoms with van der Waals surface area (Å²) in [6, 6.07) is 0. The van der Waals surface area contributed by atoms with Crippen LogP contribution in [-0.4, -0.2) is 54.6 Å². The standard InChI is InChI=1S/C15H30O6Si2/c1-8-11-19-15(23(6,7)21-22(3,4)5)12-20-14(17)10-9-13(16)18-2/h9-10,15H,8,11-12H2,1-7H3/b10-9+. The Bertz CT molecular complexity index is 415. The second-order valence-corrected chi connectivity index (χ2v) is 15.6. The molecule has 0 aliphatic heterocycles. The van der Waals surface area contributed by atoms with Gasteiger partial charge in [0.2, 0.25) is 8.32 Å². The minimum absolute atomic E-state index is 0.119. The number of methoxy groups -OCH3 is 1. The van der Waals surface area contributed by atoms with E-state index in [1.165, 1.54) is 7.11 Å². The van der Waals surface area contributed by atoms with Crippen molar-refractivity contribution >= 4 is 28.6 Å². The van der Waals surface area contributed by atoms with Gasteiger partial charge in [-0.1, -0.05) is 6.92 Å². The lowest BCUT2D eigenvalue weighted by Crippen LogP contribution is -2.54. The first-order valence-corrected chi connectivity index (χ1v) is 14.2. The molecule has 0 aromatic heterocycles. The molecule has 0 amide bonds. The predicted molar refractivity (Wildman–Crippen MR) is 94.1 cm³/mol. The summed E-state index contributed by atoms with van der Waals surface area (Å²) in [7, 11) is -2.65. The van der Waals surface area contributed by atoms with Crippen molar-refractivity contribution in [2.45, 2.75) is 51.8 Å². The second-order valence-electron chi connectivity index (χ2n) is 6.66. The molecule has 0 spiro atoms. The van der Waals surface area contributed by atoms with Crippen LogP contribution in [0.2, 0.25) is 32.7 Å². The highest BCUT2D eigenvalue weighted by molar-refractivity contribution is 6.84. The molecule has 0 aromatic carbocycles. The molecular weight excluding hydrogens is 332 g/mol.